The topological polar surface area (TPSA) is 28.2 Å². The largest absolute Gasteiger partial charge is 0.370 e. The Labute approximate surface area is 104 Å². The summed E-state index contributed by atoms with van der Waals surface area (Å²) < 4.78 is 3.45. The predicted octanol–water partition coefficient (Wildman–Crippen LogP) is 1.27. The molecule has 1 saturated heterocycles. The molecule has 0 aliphatic carbocycles. The van der Waals surface area contributed by atoms with E-state index >= 15 is 0 Å². The molecule has 1 aliphatic rings. The van der Waals surface area contributed by atoms with E-state index in [2.05, 4.69) is 26.9 Å². The smallest absolute Gasteiger partial charge is 0.0552 e. The quantitative estimate of drug-likeness (QED) is 0.880. The Morgan fingerprint density at radius 1 is 1.50 bits per heavy atom. The summed E-state index contributed by atoms with van der Waals surface area (Å²) in [6.07, 6.45) is 8.15. The van der Waals surface area contributed by atoms with Gasteiger partial charge in [-0.2, -0.15) is 0 Å². The minimum atomic E-state index is -0.0664. The van der Waals surface area contributed by atoms with Gasteiger partial charge in [0, 0.05) is 25.3 Å². The van der Waals surface area contributed by atoms with E-state index < -0.39 is 0 Å². The minimum Gasteiger partial charge on any atom is -0.370 e. The highest BCUT2D eigenvalue weighted by molar-refractivity contribution is 8.27. The van der Waals surface area contributed by atoms with Crippen LogP contribution in [0.3, 0.4) is 0 Å². The number of pyridine rings is 1. The van der Waals surface area contributed by atoms with Crippen molar-refractivity contribution in [3.05, 3.63) is 24.5 Å². The molecule has 0 radical (unpaired) electrons. The third kappa shape index (κ3) is 3.23. The van der Waals surface area contributed by atoms with E-state index in [1.54, 1.807) is 0 Å². The first-order valence-corrected chi connectivity index (χ1v) is 8.06. The molecule has 1 unspecified atom stereocenters. The van der Waals surface area contributed by atoms with Gasteiger partial charge in [-0.1, -0.05) is 9.64 Å². The highest BCUT2D eigenvalue weighted by Gasteiger charge is 2.19. The minimum absolute atomic E-state index is 0.0664. The van der Waals surface area contributed by atoms with Crippen LogP contribution in [0.15, 0.2) is 24.5 Å². The fourth-order valence-electron chi connectivity index (χ4n) is 2.03. The molecule has 88 valence electrons. The molecule has 1 fully saturated rings. The van der Waals surface area contributed by atoms with Crippen molar-refractivity contribution in [3.63, 3.8) is 0 Å². The molecule has 1 N–H and O–H groups in total. The summed E-state index contributed by atoms with van der Waals surface area (Å²) in [5.41, 5.74) is 1.23. The second kappa shape index (κ2) is 5.70. The van der Waals surface area contributed by atoms with Crippen LogP contribution in [0.5, 0.6) is 0 Å². The number of nitrogens with one attached hydrogen (secondary N) is 1. The molecule has 1 aromatic rings. The van der Waals surface area contributed by atoms with Crippen molar-refractivity contribution in [2.75, 3.05) is 24.2 Å². The maximum absolute atomic E-state index is 5.18. The van der Waals surface area contributed by atoms with Gasteiger partial charge in [-0.15, -0.1) is 0 Å². The highest BCUT2D eigenvalue weighted by Crippen LogP contribution is 2.18. The molecule has 2 heterocycles. The Morgan fingerprint density at radius 3 is 2.81 bits per heavy atom. The molecule has 0 bridgehead atoms. The SMILES string of the molecule is CS(=S)NC1CCN(c2cccnc2)CC1. The normalized spacial score (nSPS) is 19.7. The van der Waals surface area contributed by atoms with Gasteiger partial charge in [0.05, 0.1) is 11.9 Å². The number of aromatic nitrogens is 1. The van der Waals surface area contributed by atoms with Crippen LogP contribution in [0.25, 0.3) is 0 Å². The van der Waals surface area contributed by atoms with Crippen LogP contribution >= 0.6 is 0 Å². The van der Waals surface area contributed by atoms with E-state index in [1.165, 1.54) is 18.5 Å². The molecule has 1 aromatic heterocycles. The lowest BCUT2D eigenvalue weighted by Crippen LogP contribution is -2.42. The van der Waals surface area contributed by atoms with Gasteiger partial charge >= 0.3 is 0 Å². The average molecular weight is 255 g/mol. The Bertz CT molecular complexity index is 348. The van der Waals surface area contributed by atoms with E-state index in [-0.39, 0.29) is 9.64 Å². The summed E-state index contributed by atoms with van der Waals surface area (Å²) in [5, 5.41) is 0. The predicted molar refractivity (Wildman–Crippen MR) is 73.3 cm³/mol. The zero-order chi connectivity index (χ0) is 11.4. The van der Waals surface area contributed by atoms with Crippen molar-refractivity contribution in [3.8, 4) is 0 Å². The number of hydrogen-bond acceptors (Lipinski definition) is 3. The van der Waals surface area contributed by atoms with Gasteiger partial charge in [0.25, 0.3) is 0 Å². The summed E-state index contributed by atoms with van der Waals surface area (Å²) in [6.45, 7) is 2.19. The summed E-state index contributed by atoms with van der Waals surface area (Å²) >= 11 is 5.18. The molecule has 3 nitrogen and oxygen atoms in total. The summed E-state index contributed by atoms with van der Waals surface area (Å²) in [7, 11) is -0.0664. The van der Waals surface area contributed by atoms with E-state index in [4.69, 9.17) is 11.2 Å². The summed E-state index contributed by atoms with van der Waals surface area (Å²) in [5.74, 6) is 0. The third-order valence-corrected chi connectivity index (χ3v) is 3.79. The number of hydrogen-bond donors (Lipinski definition) is 1. The Kier molecular flexibility index (Phi) is 4.26. The van der Waals surface area contributed by atoms with Crippen LogP contribution in [0, 0.1) is 0 Å². The van der Waals surface area contributed by atoms with Crippen molar-refractivity contribution < 1.29 is 0 Å². The maximum atomic E-state index is 5.18. The number of piperidine rings is 1. The summed E-state index contributed by atoms with van der Waals surface area (Å²) in [6, 6.07) is 4.71. The zero-order valence-electron chi connectivity index (χ0n) is 9.43. The lowest BCUT2D eigenvalue weighted by atomic mass is 10.1. The maximum Gasteiger partial charge on any atom is 0.0552 e. The molecule has 0 amide bonds. The van der Waals surface area contributed by atoms with Gasteiger partial charge < -0.3 is 4.90 Å². The molecule has 0 aromatic carbocycles. The molecule has 0 spiro atoms. The van der Waals surface area contributed by atoms with Crippen molar-refractivity contribution >= 4 is 26.5 Å². The van der Waals surface area contributed by atoms with Gasteiger partial charge in [-0.05, 0) is 42.4 Å². The third-order valence-electron chi connectivity index (χ3n) is 2.84. The lowest BCUT2D eigenvalue weighted by Gasteiger charge is -2.33. The Hall–Kier alpha value is -0.520. The molecule has 2 rings (SSSR count). The van der Waals surface area contributed by atoms with Crippen molar-refractivity contribution in [1.82, 2.24) is 9.71 Å². The van der Waals surface area contributed by atoms with Gasteiger partial charge in [0.1, 0.15) is 0 Å². The molecule has 1 aliphatic heterocycles. The second-order valence-corrected chi connectivity index (χ2v) is 6.69. The molecule has 5 heteroatoms. The van der Waals surface area contributed by atoms with Crippen LogP contribution in [0.4, 0.5) is 5.69 Å². The van der Waals surface area contributed by atoms with Crippen LogP contribution in [0.1, 0.15) is 12.8 Å². The Morgan fingerprint density at radius 2 is 2.25 bits per heavy atom. The second-order valence-electron chi connectivity index (χ2n) is 4.04. The fraction of sp³-hybridized carbons (Fsp3) is 0.545. The molecule has 1 atom stereocenters. The first kappa shape index (κ1) is 12.0. The molecule has 0 saturated carbocycles. The number of anilines is 1. The zero-order valence-corrected chi connectivity index (χ0v) is 11.1. The highest BCUT2D eigenvalue weighted by atomic mass is 32.8. The monoisotopic (exact) mass is 255 g/mol. The van der Waals surface area contributed by atoms with Crippen LogP contribution in [-0.4, -0.2) is 30.4 Å². The van der Waals surface area contributed by atoms with E-state index in [1.807, 2.05) is 18.5 Å². The van der Waals surface area contributed by atoms with Crippen LogP contribution in [0.2, 0.25) is 0 Å². The van der Waals surface area contributed by atoms with Crippen LogP contribution < -0.4 is 9.62 Å². The van der Waals surface area contributed by atoms with Gasteiger partial charge in [-0.3, -0.25) is 9.71 Å². The number of nitrogens with zero attached hydrogens (tertiary/aromatic N) is 2. The Balaban J connectivity index is 1.88. The first-order valence-electron chi connectivity index (χ1n) is 5.50. The van der Waals surface area contributed by atoms with E-state index in [0.717, 1.165) is 13.1 Å². The summed E-state index contributed by atoms with van der Waals surface area (Å²) in [4.78, 5) is 6.55. The first-order chi connectivity index (χ1) is 7.75. The number of rotatable bonds is 3. The average Bonchev–Trinajstić information content (AvgIpc) is 2.30. The van der Waals surface area contributed by atoms with E-state index in [9.17, 15) is 0 Å². The standard InChI is InChI=1S/C11H17N3S2/c1-16(15)13-10-4-7-14(8-5-10)11-3-2-6-12-9-11/h2-3,6,9-10,13H,4-5,7-8H2,1H3. The molecular formula is C11H17N3S2. The van der Waals surface area contributed by atoms with Crippen molar-refractivity contribution in [2.24, 2.45) is 0 Å². The molecular weight excluding hydrogens is 238 g/mol. The lowest BCUT2D eigenvalue weighted by molar-refractivity contribution is 0.478. The van der Waals surface area contributed by atoms with Gasteiger partial charge in [-0.25, -0.2) is 0 Å². The van der Waals surface area contributed by atoms with E-state index in [0.29, 0.717) is 6.04 Å². The molecule has 16 heavy (non-hydrogen) atoms. The van der Waals surface area contributed by atoms with Gasteiger partial charge in [0.15, 0.2) is 0 Å². The fourth-order valence-corrected chi connectivity index (χ4v) is 3.14. The van der Waals surface area contributed by atoms with Crippen molar-refractivity contribution in [2.45, 2.75) is 18.9 Å². The van der Waals surface area contributed by atoms with Gasteiger partial charge in [0.2, 0.25) is 0 Å². The van der Waals surface area contributed by atoms with Crippen molar-refractivity contribution in [1.29, 1.82) is 0 Å². The van der Waals surface area contributed by atoms with Crippen LogP contribution in [-0.2, 0) is 20.8 Å².